The van der Waals surface area contributed by atoms with Crippen LogP contribution in [0.5, 0.6) is 0 Å². The smallest absolute Gasteiger partial charge is 0.0735 e. The molecule has 2 fully saturated rings. The lowest BCUT2D eigenvalue weighted by atomic mass is 9.74. The summed E-state index contributed by atoms with van der Waals surface area (Å²) >= 11 is 0. The molecule has 2 aliphatic rings. The Kier molecular flexibility index (Phi) is 2.50. The molecule has 1 unspecified atom stereocenters. The van der Waals surface area contributed by atoms with Gasteiger partial charge >= 0.3 is 0 Å². The predicted molar refractivity (Wildman–Crippen MR) is 62.6 cm³/mol. The summed E-state index contributed by atoms with van der Waals surface area (Å²) in [6.45, 7) is 4.97. The highest BCUT2D eigenvalue weighted by molar-refractivity contribution is 5.25. The number of rotatable bonds is 2. The van der Waals surface area contributed by atoms with Gasteiger partial charge in [-0.1, -0.05) is 0 Å². The normalized spacial score (nSPS) is 29.9. The van der Waals surface area contributed by atoms with Crippen LogP contribution in [0.4, 0.5) is 0 Å². The SMILES string of the molecule is CN1CCNC(C2(c3ccc[nH]3)COC2)C1. The second-order valence-electron chi connectivity index (χ2n) is 5.00. The van der Waals surface area contributed by atoms with Crippen LogP contribution in [-0.4, -0.2) is 55.8 Å². The largest absolute Gasteiger partial charge is 0.379 e. The van der Waals surface area contributed by atoms with Crippen molar-refractivity contribution in [1.29, 1.82) is 0 Å². The zero-order chi connectivity index (χ0) is 11.0. The molecule has 16 heavy (non-hydrogen) atoms. The quantitative estimate of drug-likeness (QED) is 0.749. The fourth-order valence-electron chi connectivity index (χ4n) is 2.77. The minimum atomic E-state index is 0.165. The van der Waals surface area contributed by atoms with Crippen molar-refractivity contribution in [3.05, 3.63) is 24.0 Å². The van der Waals surface area contributed by atoms with Gasteiger partial charge in [0.2, 0.25) is 0 Å². The molecule has 2 aliphatic heterocycles. The third kappa shape index (κ3) is 1.49. The zero-order valence-corrected chi connectivity index (χ0v) is 9.70. The molecule has 0 aliphatic carbocycles. The Labute approximate surface area is 96.0 Å². The summed E-state index contributed by atoms with van der Waals surface area (Å²) in [6, 6.07) is 4.75. The van der Waals surface area contributed by atoms with E-state index in [0.29, 0.717) is 6.04 Å². The van der Waals surface area contributed by atoms with Gasteiger partial charge in [0.05, 0.1) is 18.6 Å². The Morgan fingerprint density at radius 3 is 2.94 bits per heavy atom. The van der Waals surface area contributed by atoms with Crippen LogP contribution >= 0.6 is 0 Å². The van der Waals surface area contributed by atoms with Crippen molar-refractivity contribution in [2.24, 2.45) is 0 Å². The number of ether oxygens (including phenoxy) is 1. The van der Waals surface area contributed by atoms with Gasteiger partial charge in [0.15, 0.2) is 0 Å². The Morgan fingerprint density at radius 2 is 2.38 bits per heavy atom. The topological polar surface area (TPSA) is 40.3 Å². The number of H-pyrrole nitrogens is 1. The van der Waals surface area contributed by atoms with Crippen molar-refractivity contribution in [3.63, 3.8) is 0 Å². The first-order valence-corrected chi connectivity index (χ1v) is 5.95. The lowest BCUT2D eigenvalue weighted by Gasteiger charge is -2.49. The summed E-state index contributed by atoms with van der Waals surface area (Å²) in [7, 11) is 2.19. The molecule has 88 valence electrons. The molecule has 2 N–H and O–H groups in total. The third-order valence-corrected chi connectivity index (χ3v) is 3.90. The maximum Gasteiger partial charge on any atom is 0.0735 e. The van der Waals surface area contributed by atoms with E-state index in [0.717, 1.165) is 32.8 Å². The van der Waals surface area contributed by atoms with Gasteiger partial charge < -0.3 is 19.9 Å². The second-order valence-corrected chi connectivity index (χ2v) is 5.00. The standard InChI is InChI=1S/C12H19N3O/c1-15-6-5-14-11(7-15)12(8-16-9-12)10-3-2-4-13-10/h2-4,11,13-14H,5-9H2,1H3. The van der Waals surface area contributed by atoms with Crippen LogP contribution < -0.4 is 5.32 Å². The van der Waals surface area contributed by atoms with Gasteiger partial charge in [-0.15, -0.1) is 0 Å². The fourth-order valence-corrected chi connectivity index (χ4v) is 2.77. The molecule has 0 aromatic carbocycles. The average Bonchev–Trinajstić information content (AvgIpc) is 2.70. The molecule has 1 aromatic rings. The molecule has 0 radical (unpaired) electrons. The molecule has 0 saturated carbocycles. The Morgan fingerprint density at radius 1 is 1.50 bits per heavy atom. The van der Waals surface area contributed by atoms with E-state index in [2.05, 4.69) is 34.4 Å². The van der Waals surface area contributed by atoms with Crippen molar-refractivity contribution in [1.82, 2.24) is 15.2 Å². The minimum absolute atomic E-state index is 0.165. The molecule has 4 heteroatoms. The number of aromatic nitrogens is 1. The molecule has 1 atom stereocenters. The average molecular weight is 221 g/mol. The van der Waals surface area contributed by atoms with E-state index in [1.165, 1.54) is 5.69 Å². The molecular formula is C12H19N3O. The number of nitrogens with one attached hydrogen (secondary N) is 2. The molecule has 0 spiro atoms. The van der Waals surface area contributed by atoms with Crippen LogP contribution in [0.2, 0.25) is 0 Å². The van der Waals surface area contributed by atoms with E-state index in [1.807, 2.05) is 6.20 Å². The summed E-state index contributed by atoms with van der Waals surface area (Å²) < 4.78 is 5.47. The van der Waals surface area contributed by atoms with E-state index in [-0.39, 0.29) is 5.41 Å². The van der Waals surface area contributed by atoms with Crippen LogP contribution in [0.25, 0.3) is 0 Å². The number of nitrogens with zero attached hydrogens (tertiary/aromatic N) is 1. The molecule has 3 rings (SSSR count). The summed E-state index contributed by atoms with van der Waals surface area (Å²) in [5.74, 6) is 0. The summed E-state index contributed by atoms with van der Waals surface area (Å²) in [5.41, 5.74) is 1.48. The number of piperazine rings is 1. The van der Waals surface area contributed by atoms with Gasteiger partial charge in [0.25, 0.3) is 0 Å². The van der Waals surface area contributed by atoms with E-state index in [1.54, 1.807) is 0 Å². The molecule has 4 nitrogen and oxygen atoms in total. The third-order valence-electron chi connectivity index (χ3n) is 3.90. The van der Waals surface area contributed by atoms with Crippen LogP contribution in [0.3, 0.4) is 0 Å². The second kappa shape index (κ2) is 3.87. The molecule has 0 bridgehead atoms. The monoisotopic (exact) mass is 221 g/mol. The Bertz CT molecular complexity index is 345. The van der Waals surface area contributed by atoms with Crippen LogP contribution in [0.15, 0.2) is 18.3 Å². The van der Waals surface area contributed by atoms with Gasteiger partial charge in [-0.25, -0.2) is 0 Å². The molecule has 2 saturated heterocycles. The first kappa shape index (κ1) is 10.3. The number of likely N-dealkylation sites (N-methyl/N-ethyl adjacent to an activating group) is 1. The molecular weight excluding hydrogens is 202 g/mol. The molecule has 3 heterocycles. The van der Waals surface area contributed by atoms with Gasteiger partial charge in [-0.2, -0.15) is 0 Å². The minimum Gasteiger partial charge on any atom is -0.379 e. The predicted octanol–water partition coefficient (Wildman–Crippen LogP) is 0.186. The van der Waals surface area contributed by atoms with Crippen molar-refractivity contribution in [2.75, 3.05) is 39.9 Å². The lowest BCUT2D eigenvalue weighted by Crippen LogP contribution is -2.66. The van der Waals surface area contributed by atoms with Gasteiger partial charge in [0, 0.05) is 37.6 Å². The van der Waals surface area contributed by atoms with E-state index in [4.69, 9.17) is 4.74 Å². The first-order chi connectivity index (χ1) is 7.81. The van der Waals surface area contributed by atoms with Crippen molar-refractivity contribution in [2.45, 2.75) is 11.5 Å². The van der Waals surface area contributed by atoms with Crippen molar-refractivity contribution >= 4 is 0 Å². The Balaban J connectivity index is 1.84. The first-order valence-electron chi connectivity index (χ1n) is 5.95. The maximum absolute atomic E-state index is 5.47. The molecule has 1 aromatic heterocycles. The Hall–Kier alpha value is -0.840. The number of aromatic amines is 1. The van der Waals surface area contributed by atoms with Crippen molar-refractivity contribution < 1.29 is 4.74 Å². The summed E-state index contributed by atoms with van der Waals surface area (Å²) in [5, 5.41) is 3.64. The zero-order valence-electron chi connectivity index (χ0n) is 9.70. The van der Waals surface area contributed by atoms with E-state index >= 15 is 0 Å². The molecule has 0 amide bonds. The van der Waals surface area contributed by atoms with Gasteiger partial charge in [-0.05, 0) is 19.2 Å². The van der Waals surface area contributed by atoms with Gasteiger partial charge in [0.1, 0.15) is 0 Å². The fraction of sp³-hybridized carbons (Fsp3) is 0.667. The maximum atomic E-state index is 5.47. The highest BCUT2D eigenvalue weighted by atomic mass is 16.5. The highest BCUT2D eigenvalue weighted by Crippen LogP contribution is 2.35. The number of hydrogen-bond acceptors (Lipinski definition) is 3. The van der Waals surface area contributed by atoms with Crippen LogP contribution in [0, 0.1) is 0 Å². The summed E-state index contributed by atoms with van der Waals surface area (Å²) in [4.78, 5) is 5.75. The van der Waals surface area contributed by atoms with Gasteiger partial charge in [-0.3, -0.25) is 0 Å². The van der Waals surface area contributed by atoms with Crippen LogP contribution in [0.1, 0.15) is 5.69 Å². The highest BCUT2D eigenvalue weighted by Gasteiger charge is 2.48. The van der Waals surface area contributed by atoms with E-state index < -0.39 is 0 Å². The van der Waals surface area contributed by atoms with E-state index in [9.17, 15) is 0 Å². The number of hydrogen-bond donors (Lipinski definition) is 2. The van der Waals surface area contributed by atoms with Crippen molar-refractivity contribution in [3.8, 4) is 0 Å². The lowest BCUT2D eigenvalue weighted by molar-refractivity contribution is -0.0883. The summed E-state index contributed by atoms with van der Waals surface area (Å²) in [6.07, 6.45) is 2.00. The van der Waals surface area contributed by atoms with Crippen LogP contribution in [-0.2, 0) is 10.2 Å².